The van der Waals surface area contributed by atoms with E-state index in [9.17, 15) is 0 Å². The molecule has 1 aromatic carbocycles. The largest absolute Gasteiger partial charge is 0.493 e. The van der Waals surface area contributed by atoms with Crippen LogP contribution in [-0.2, 0) is 6.42 Å². The van der Waals surface area contributed by atoms with E-state index < -0.39 is 0 Å². The molecule has 1 atom stereocenters. The molecule has 0 saturated carbocycles. The number of hydrogen-bond donors (Lipinski definition) is 1. The number of para-hydroxylation sites is 1. The summed E-state index contributed by atoms with van der Waals surface area (Å²) >= 11 is 3.50. The molecule has 2 N–H and O–H groups in total. The second-order valence-electron chi connectivity index (χ2n) is 5.21. The van der Waals surface area contributed by atoms with Gasteiger partial charge in [0.05, 0.1) is 22.7 Å². The number of aryl methyl sites for hydroxylation is 1. The third-order valence-corrected chi connectivity index (χ3v) is 4.58. The Hall–Kier alpha value is -1.62. The number of nitrogens with zero attached hydrogens (tertiary/aromatic N) is 2. The molecule has 4 nitrogen and oxygen atoms in total. The van der Waals surface area contributed by atoms with Crippen molar-refractivity contribution in [1.29, 1.82) is 0 Å². The zero-order valence-electron chi connectivity index (χ0n) is 12.0. The lowest BCUT2D eigenvalue weighted by Crippen LogP contribution is -2.18. The molecule has 1 unspecified atom stereocenters. The molecule has 3 rings (SSSR count). The molecule has 0 saturated heterocycles. The lowest BCUT2D eigenvalue weighted by Gasteiger charge is -2.25. The number of rotatable bonds is 3. The number of halogens is 1. The maximum absolute atomic E-state index is 6.05. The maximum Gasteiger partial charge on any atom is 0.141 e. The fourth-order valence-corrected chi connectivity index (χ4v) is 3.08. The zero-order valence-corrected chi connectivity index (χ0v) is 13.6. The molecule has 0 aliphatic carbocycles. The van der Waals surface area contributed by atoms with E-state index in [1.165, 1.54) is 0 Å². The molecular weight excluding hydrogens is 330 g/mol. The van der Waals surface area contributed by atoms with E-state index >= 15 is 0 Å². The molecule has 5 heteroatoms. The summed E-state index contributed by atoms with van der Waals surface area (Å²) in [6.45, 7) is 2.82. The summed E-state index contributed by atoms with van der Waals surface area (Å²) in [4.78, 5) is 9.25. The summed E-state index contributed by atoms with van der Waals surface area (Å²) in [6.07, 6.45) is 2.80. The predicted molar refractivity (Wildman–Crippen MR) is 86.5 cm³/mol. The number of nitrogens with two attached hydrogens (primary N) is 1. The fraction of sp³-hybridized carbons (Fsp3) is 0.375. The number of fused-ring (bicyclic) bond motifs is 1. The van der Waals surface area contributed by atoms with Crippen LogP contribution in [0, 0.1) is 0 Å². The van der Waals surface area contributed by atoms with Gasteiger partial charge in [0.1, 0.15) is 17.4 Å². The Kier molecular flexibility index (Phi) is 4.10. The maximum atomic E-state index is 6.05. The van der Waals surface area contributed by atoms with Gasteiger partial charge in [0, 0.05) is 5.56 Å². The van der Waals surface area contributed by atoms with Crippen molar-refractivity contribution in [2.45, 2.75) is 32.1 Å². The summed E-state index contributed by atoms with van der Waals surface area (Å²) in [5.41, 5.74) is 8.19. The first-order valence-corrected chi connectivity index (χ1v) is 8.03. The second-order valence-corrected chi connectivity index (χ2v) is 6.00. The van der Waals surface area contributed by atoms with Crippen LogP contribution in [0.1, 0.15) is 42.8 Å². The molecule has 110 valence electrons. The first-order valence-electron chi connectivity index (χ1n) is 7.24. The van der Waals surface area contributed by atoms with E-state index in [-0.39, 0.29) is 5.92 Å². The summed E-state index contributed by atoms with van der Waals surface area (Å²) in [5, 5.41) is 0. The van der Waals surface area contributed by atoms with Crippen LogP contribution in [0.15, 0.2) is 28.7 Å². The molecule has 0 fully saturated rings. The van der Waals surface area contributed by atoms with Crippen LogP contribution < -0.4 is 10.5 Å². The molecule has 1 aliphatic heterocycles. The Morgan fingerprint density at radius 1 is 1.33 bits per heavy atom. The predicted octanol–water partition coefficient (Wildman–Crippen LogP) is 3.69. The number of nitrogen functional groups attached to an aromatic ring is 1. The number of hydrogen-bond acceptors (Lipinski definition) is 4. The Balaban J connectivity index is 2.05. The minimum absolute atomic E-state index is 0.154. The van der Waals surface area contributed by atoms with E-state index in [1.807, 2.05) is 18.2 Å². The summed E-state index contributed by atoms with van der Waals surface area (Å²) in [6, 6.07) is 8.09. The summed E-state index contributed by atoms with van der Waals surface area (Å²) in [5.74, 6) is 2.40. The molecule has 21 heavy (non-hydrogen) atoms. The van der Waals surface area contributed by atoms with Gasteiger partial charge in [-0.25, -0.2) is 9.97 Å². The molecule has 1 aromatic heterocycles. The monoisotopic (exact) mass is 347 g/mol. The molecule has 1 aliphatic rings. The van der Waals surface area contributed by atoms with Gasteiger partial charge < -0.3 is 10.5 Å². The second kappa shape index (κ2) is 6.02. The van der Waals surface area contributed by atoms with Gasteiger partial charge in [-0.3, -0.25) is 0 Å². The molecule has 0 bridgehead atoms. The molecule has 0 radical (unpaired) electrons. The van der Waals surface area contributed by atoms with Crippen LogP contribution in [0.5, 0.6) is 5.75 Å². The van der Waals surface area contributed by atoms with Crippen LogP contribution in [0.25, 0.3) is 0 Å². The molecule has 2 aromatic rings. The van der Waals surface area contributed by atoms with Gasteiger partial charge in [-0.15, -0.1) is 0 Å². The SMILES string of the molecule is CCCc1nc(C2CCOc3ccccc32)nc(N)c1Br. The van der Waals surface area contributed by atoms with Crippen molar-refractivity contribution in [2.75, 3.05) is 12.3 Å². The van der Waals surface area contributed by atoms with Gasteiger partial charge >= 0.3 is 0 Å². The highest BCUT2D eigenvalue weighted by atomic mass is 79.9. The normalized spacial score (nSPS) is 17.1. The van der Waals surface area contributed by atoms with Crippen LogP contribution in [0.2, 0.25) is 0 Å². The third kappa shape index (κ3) is 2.75. The van der Waals surface area contributed by atoms with Crippen molar-refractivity contribution in [2.24, 2.45) is 0 Å². The van der Waals surface area contributed by atoms with Gasteiger partial charge in [-0.05, 0) is 34.8 Å². The Morgan fingerprint density at radius 3 is 2.95 bits per heavy atom. The minimum atomic E-state index is 0.154. The Bertz CT molecular complexity index is 660. The first-order chi connectivity index (χ1) is 10.2. The average molecular weight is 348 g/mol. The Labute approximate surface area is 132 Å². The summed E-state index contributed by atoms with van der Waals surface area (Å²) < 4.78 is 6.54. The van der Waals surface area contributed by atoms with E-state index in [1.54, 1.807) is 0 Å². The van der Waals surface area contributed by atoms with Crippen LogP contribution >= 0.6 is 15.9 Å². The van der Waals surface area contributed by atoms with Gasteiger partial charge in [0.2, 0.25) is 0 Å². The van der Waals surface area contributed by atoms with Crippen molar-refractivity contribution in [3.63, 3.8) is 0 Å². The quantitative estimate of drug-likeness (QED) is 0.919. The van der Waals surface area contributed by atoms with E-state index in [4.69, 9.17) is 15.5 Å². The highest BCUT2D eigenvalue weighted by Gasteiger charge is 2.26. The lowest BCUT2D eigenvalue weighted by molar-refractivity contribution is 0.274. The average Bonchev–Trinajstić information content (AvgIpc) is 2.51. The van der Waals surface area contributed by atoms with Gasteiger partial charge in [-0.1, -0.05) is 31.5 Å². The van der Waals surface area contributed by atoms with E-state index in [2.05, 4.69) is 33.9 Å². The highest BCUT2D eigenvalue weighted by Crippen LogP contribution is 2.37. The smallest absolute Gasteiger partial charge is 0.141 e. The van der Waals surface area contributed by atoms with Crippen molar-refractivity contribution in [3.05, 3.63) is 45.8 Å². The van der Waals surface area contributed by atoms with Gasteiger partial charge in [0.25, 0.3) is 0 Å². The van der Waals surface area contributed by atoms with Crippen LogP contribution in [0.4, 0.5) is 5.82 Å². The minimum Gasteiger partial charge on any atom is -0.493 e. The lowest BCUT2D eigenvalue weighted by atomic mass is 9.92. The Morgan fingerprint density at radius 2 is 2.14 bits per heavy atom. The topological polar surface area (TPSA) is 61.0 Å². The van der Waals surface area contributed by atoms with Gasteiger partial charge in [0.15, 0.2) is 0 Å². The van der Waals surface area contributed by atoms with E-state index in [0.717, 1.165) is 46.6 Å². The first kappa shape index (κ1) is 14.3. The van der Waals surface area contributed by atoms with Crippen LogP contribution in [0.3, 0.4) is 0 Å². The van der Waals surface area contributed by atoms with Crippen molar-refractivity contribution in [3.8, 4) is 5.75 Å². The van der Waals surface area contributed by atoms with Crippen molar-refractivity contribution in [1.82, 2.24) is 9.97 Å². The molecular formula is C16H18BrN3O. The fourth-order valence-electron chi connectivity index (χ4n) is 2.70. The molecule has 0 amide bonds. The van der Waals surface area contributed by atoms with E-state index in [0.29, 0.717) is 12.4 Å². The van der Waals surface area contributed by atoms with Gasteiger partial charge in [-0.2, -0.15) is 0 Å². The number of benzene rings is 1. The number of ether oxygens (including phenoxy) is 1. The molecule has 0 spiro atoms. The van der Waals surface area contributed by atoms with Crippen molar-refractivity contribution >= 4 is 21.7 Å². The summed E-state index contributed by atoms with van der Waals surface area (Å²) in [7, 11) is 0. The molecule has 2 heterocycles. The standard InChI is InChI=1S/C16H18BrN3O/c1-2-5-12-14(17)15(18)20-16(19-12)11-8-9-21-13-7-4-3-6-10(11)13/h3-4,6-7,11H,2,5,8-9H2,1H3,(H2,18,19,20). The number of anilines is 1. The zero-order chi connectivity index (χ0) is 14.8. The van der Waals surface area contributed by atoms with Crippen LogP contribution in [-0.4, -0.2) is 16.6 Å². The highest BCUT2D eigenvalue weighted by molar-refractivity contribution is 9.10. The number of aromatic nitrogens is 2. The van der Waals surface area contributed by atoms with Crippen molar-refractivity contribution < 1.29 is 4.74 Å². The third-order valence-electron chi connectivity index (χ3n) is 3.72.